The first-order valence-electron chi connectivity index (χ1n) is 4.76. The molecule has 0 aliphatic rings. The average molecular weight is 276 g/mol. The molecule has 1 unspecified atom stereocenters. The minimum atomic E-state index is -2.10. The van der Waals surface area contributed by atoms with Gasteiger partial charge in [-0.2, -0.15) is 0 Å². The summed E-state index contributed by atoms with van der Waals surface area (Å²) in [4.78, 5) is 20.5. The molecular weight excluding hydrogens is 266 g/mol. The Kier molecular flexibility index (Phi) is 4.10. The van der Waals surface area contributed by atoms with Crippen molar-refractivity contribution in [1.82, 2.24) is 0 Å². The van der Waals surface area contributed by atoms with Crippen LogP contribution in [0.15, 0.2) is 18.2 Å². The number of aliphatic hydroxyl groups is 1. The number of halogens is 1. The second-order valence-electron chi connectivity index (χ2n) is 3.74. The lowest BCUT2D eigenvalue weighted by molar-refractivity contribution is -0.384. The second kappa shape index (κ2) is 5.19. The fraction of sp³-hybridized carbons (Fsp3) is 0.300. The molecule has 1 rings (SSSR count). The molecule has 1 atom stereocenters. The molecule has 0 radical (unpaired) electrons. The van der Waals surface area contributed by atoms with Crippen LogP contribution in [0.5, 0.6) is 5.75 Å². The number of aliphatic carboxylic acids is 1. The molecule has 18 heavy (non-hydrogen) atoms. The molecule has 0 fully saturated rings. The van der Waals surface area contributed by atoms with Crippen LogP contribution in [0, 0.1) is 10.1 Å². The number of nitro benzene ring substituents is 1. The van der Waals surface area contributed by atoms with Crippen molar-refractivity contribution in [2.75, 3.05) is 6.61 Å². The maximum absolute atomic E-state index is 10.6. The fourth-order valence-corrected chi connectivity index (χ4v) is 1.17. The van der Waals surface area contributed by atoms with Crippen molar-refractivity contribution >= 4 is 23.3 Å². The number of rotatable bonds is 5. The highest BCUT2D eigenvalue weighted by Crippen LogP contribution is 2.29. The van der Waals surface area contributed by atoms with E-state index in [1.54, 1.807) is 0 Å². The summed E-state index contributed by atoms with van der Waals surface area (Å²) in [6, 6.07) is 3.50. The third-order valence-corrected chi connectivity index (χ3v) is 2.41. The number of carboxylic acid groups (broad SMARTS) is 1. The van der Waals surface area contributed by atoms with E-state index >= 15 is 0 Å². The van der Waals surface area contributed by atoms with Gasteiger partial charge in [-0.3, -0.25) is 10.1 Å². The van der Waals surface area contributed by atoms with E-state index in [4.69, 9.17) is 21.4 Å². The van der Waals surface area contributed by atoms with Gasteiger partial charge in [0.2, 0.25) is 0 Å². The minimum Gasteiger partial charge on any atom is -0.488 e. The Hall–Kier alpha value is -1.86. The van der Waals surface area contributed by atoms with Gasteiger partial charge in [0.1, 0.15) is 12.4 Å². The van der Waals surface area contributed by atoms with Gasteiger partial charge < -0.3 is 14.9 Å². The van der Waals surface area contributed by atoms with Crippen LogP contribution < -0.4 is 4.74 Å². The standard InChI is InChI=1S/C10H10ClNO6/c1-10(15,9(13)14)5-18-8-4-6(12(16)17)2-3-7(8)11/h2-4,15H,5H2,1H3,(H,13,14). The normalized spacial score (nSPS) is 13.7. The molecule has 98 valence electrons. The third-order valence-electron chi connectivity index (χ3n) is 2.10. The van der Waals surface area contributed by atoms with E-state index in [1.165, 1.54) is 12.1 Å². The third kappa shape index (κ3) is 3.31. The van der Waals surface area contributed by atoms with Gasteiger partial charge in [-0.25, -0.2) is 4.79 Å². The average Bonchev–Trinajstić information content (AvgIpc) is 2.27. The van der Waals surface area contributed by atoms with E-state index in [0.717, 1.165) is 13.0 Å². The number of hydrogen-bond acceptors (Lipinski definition) is 5. The Morgan fingerprint density at radius 3 is 2.72 bits per heavy atom. The van der Waals surface area contributed by atoms with Crippen molar-refractivity contribution < 1.29 is 24.7 Å². The maximum Gasteiger partial charge on any atom is 0.339 e. The first kappa shape index (κ1) is 14.2. The van der Waals surface area contributed by atoms with Gasteiger partial charge in [0.05, 0.1) is 16.0 Å². The SMILES string of the molecule is CC(O)(COc1cc([N+](=O)[O-])ccc1Cl)C(=O)O. The summed E-state index contributed by atoms with van der Waals surface area (Å²) in [5.74, 6) is -1.53. The fourth-order valence-electron chi connectivity index (χ4n) is 0.996. The van der Waals surface area contributed by atoms with E-state index in [0.29, 0.717) is 0 Å². The summed E-state index contributed by atoms with van der Waals surface area (Å²) in [5, 5.41) is 28.7. The Morgan fingerprint density at radius 2 is 2.22 bits per heavy atom. The zero-order valence-corrected chi connectivity index (χ0v) is 10.0. The second-order valence-corrected chi connectivity index (χ2v) is 4.15. The molecule has 0 aliphatic carbocycles. The van der Waals surface area contributed by atoms with Crippen molar-refractivity contribution in [3.8, 4) is 5.75 Å². The van der Waals surface area contributed by atoms with Crippen LogP contribution in [0.1, 0.15) is 6.92 Å². The number of hydrogen-bond donors (Lipinski definition) is 2. The summed E-state index contributed by atoms with van der Waals surface area (Å²) in [6.07, 6.45) is 0. The molecule has 0 saturated carbocycles. The first-order chi connectivity index (χ1) is 8.24. The van der Waals surface area contributed by atoms with Crippen LogP contribution in [-0.4, -0.2) is 33.3 Å². The van der Waals surface area contributed by atoms with Crippen LogP contribution >= 0.6 is 11.6 Å². The smallest absolute Gasteiger partial charge is 0.339 e. The number of non-ortho nitro benzene ring substituents is 1. The quantitative estimate of drug-likeness (QED) is 0.622. The van der Waals surface area contributed by atoms with Crippen molar-refractivity contribution in [3.05, 3.63) is 33.3 Å². The minimum absolute atomic E-state index is 0.0626. The summed E-state index contributed by atoms with van der Waals surface area (Å²) >= 11 is 5.73. The summed E-state index contributed by atoms with van der Waals surface area (Å²) in [7, 11) is 0. The van der Waals surface area contributed by atoms with Crippen LogP contribution in [0.4, 0.5) is 5.69 Å². The van der Waals surface area contributed by atoms with Gasteiger partial charge >= 0.3 is 5.97 Å². The van der Waals surface area contributed by atoms with Gasteiger partial charge in [0, 0.05) is 6.07 Å². The molecule has 1 aromatic carbocycles. The number of nitrogens with zero attached hydrogens (tertiary/aromatic N) is 1. The number of ether oxygens (including phenoxy) is 1. The predicted octanol–water partition coefficient (Wildman–Crippen LogP) is 1.46. The van der Waals surface area contributed by atoms with Crippen molar-refractivity contribution in [2.45, 2.75) is 12.5 Å². The van der Waals surface area contributed by atoms with E-state index < -0.39 is 23.1 Å². The molecule has 7 nitrogen and oxygen atoms in total. The summed E-state index contributed by atoms with van der Waals surface area (Å²) in [5.41, 5.74) is -2.35. The molecule has 1 aromatic rings. The zero-order chi connectivity index (χ0) is 13.9. The molecule has 0 spiro atoms. The van der Waals surface area contributed by atoms with Crippen LogP contribution in [0.25, 0.3) is 0 Å². The van der Waals surface area contributed by atoms with Gasteiger partial charge in [0.15, 0.2) is 5.60 Å². The number of benzene rings is 1. The van der Waals surface area contributed by atoms with Gasteiger partial charge in [-0.1, -0.05) is 11.6 Å². The molecular formula is C10H10ClNO6. The molecule has 0 saturated heterocycles. The molecule has 8 heteroatoms. The molecule has 0 heterocycles. The largest absolute Gasteiger partial charge is 0.488 e. The van der Waals surface area contributed by atoms with Crippen LogP contribution in [0.3, 0.4) is 0 Å². The number of carboxylic acids is 1. The van der Waals surface area contributed by atoms with Crippen LogP contribution in [0.2, 0.25) is 5.02 Å². The lowest BCUT2D eigenvalue weighted by atomic mass is 10.1. The van der Waals surface area contributed by atoms with Crippen molar-refractivity contribution in [3.63, 3.8) is 0 Å². The Balaban J connectivity index is 2.88. The highest BCUT2D eigenvalue weighted by atomic mass is 35.5. The van der Waals surface area contributed by atoms with E-state index in [9.17, 15) is 20.0 Å². The Morgan fingerprint density at radius 1 is 1.61 bits per heavy atom. The van der Waals surface area contributed by atoms with E-state index in [2.05, 4.69) is 0 Å². The highest BCUT2D eigenvalue weighted by molar-refractivity contribution is 6.32. The number of nitro groups is 1. The summed E-state index contributed by atoms with van der Waals surface area (Å²) in [6.45, 7) is 0.462. The lowest BCUT2D eigenvalue weighted by Gasteiger charge is -2.18. The summed E-state index contributed by atoms with van der Waals surface area (Å²) < 4.78 is 4.99. The molecule has 2 N–H and O–H groups in total. The van der Waals surface area contributed by atoms with E-state index in [-0.39, 0.29) is 16.5 Å². The Bertz CT molecular complexity index is 487. The van der Waals surface area contributed by atoms with Gasteiger partial charge in [-0.05, 0) is 13.0 Å². The molecule has 0 amide bonds. The maximum atomic E-state index is 10.6. The highest BCUT2D eigenvalue weighted by Gasteiger charge is 2.31. The van der Waals surface area contributed by atoms with E-state index in [1.807, 2.05) is 0 Å². The molecule has 0 aliphatic heterocycles. The topological polar surface area (TPSA) is 110 Å². The predicted molar refractivity (Wildman–Crippen MR) is 61.9 cm³/mol. The monoisotopic (exact) mass is 275 g/mol. The number of carbonyl (C=O) groups is 1. The Labute approximate surface area is 107 Å². The van der Waals surface area contributed by atoms with Gasteiger partial charge in [0.25, 0.3) is 5.69 Å². The molecule has 0 bridgehead atoms. The zero-order valence-electron chi connectivity index (χ0n) is 9.29. The van der Waals surface area contributed by atoms with Crippen molar-refractivity contribution in [1.29, 1.82) is 0 Å². The lowest BCUT2D eigenvalue weighted by Crippen LogP contribution is -2.41. The molecule has 0 aromatic heterocycles. The van der Waals surface area contributed by atoms with Gasteiger partial charge in [-0.15, -0.1) is 0 Å². The van der Waals surface area contributed by atoms with Crippen molar-refractivity contribution in [2.24, 2.45) is 0 Å². The van der Waals surface area contributed by atoms with Crippen LogP contribution in [-0.2, 0) is 4.79 Å². The first-order valence-corrected chi connectivity index (χ1v) is 5.14.